The summed E-state index contributed by atoms with van der Waals surface area (Å²) in [4.78, 5) is 33.0. The van der Waals surface area contributed by atoms with Crippen LogP contribution in [0.15, 0.2) is 30.5 Å². The normalized spacial score (nSPS) is 21.7. The molecular weight excluding hydrogens is 377 g/mol. The topological polar surface area (TPSA) is 110 Å². The third-order valence-corrected chi connectivity index (χ3v) is 5.40. The average molecular weight is 399 g/mol. The van der Waals surface area contributed by atoms with E-state index in [2.05, 4.69) is 15.3 Å². The molecule has 1 saturated carbocycles. The van der Waals surface area contributed by atoms with Crippen LogP contribution in [0.3, 0.4) is 0 Å². The molecular formula is C20H22FN5O3. The van der Waals surface area contributed by atoms with Crippen LogP contribution in [0.25, 0.3) is 11.3 Å². The molecule has 0 unspecified atom stereocenters. The summed E-state index contributed by atoms with van der Waals surface area (Å²) in [5.41, 5.74) is 6.70. The molecule has 0 spiro atoms. The van der Waals surface area contributed by atoms with Crippen molar-refractivity contribution in [2.24, 2.45) is 11.7 Å². The lowest BCUT2D eigenvalue weighted by Crippen LogP contribution is -2.32. The second kappa shape index (κ2) is 8.02. The number of primary amides is 1. The smallest absolute Gasteiger partial charge is 0.414 e. The van der Waals surface area contributed by atoms with Crippen LogP contribution in [0.2, 0.25) is 0 Å². The number of aromatic nitrogens is 2. The predicted molar refractivity (Wildman–Crippen MR) is 105 cm³/mol. The van der Waals surface area contributed by atoms with Gasteiger partial charge in [0, 0.05) is 23.2 Å². The van der Waals surface area contributed by atoms with Crippen molar-refractivity contribution in [1.82, 2.24) is 9.97 Å². The number of rotatable bonds is 5. The standard InChI is InChI=1S/C20H22FN5O3/c21-16-11-23-19(24-14-6-4-12(5-7-14)18(22)27)25-17(16)13-2-1-3-15(10-13)26-8-9-29-20(26)28/h1-3,10-12,14H,4-9H2,(H2,22,27)(H,23,24,25)/t12-,14-. The van der Waals surface area contributed by atoms with Crippen molar-refractivity contribution < 1.29 is 18.7 Å². The van der Waals surface area contributed by atoms with Gasteiger partial charge in [-0.15, -0.1) is 0 Å². The Morgan fingerprint density at radius 2 is 2.07 bits per heavy atom. The minimum absolute atomic E-state index is 0.0854. The van der Waals surface area contributed by atoms with Crippen molar-refractivity contribution in [3.63, 3.8) is 0 Å². The van der Waals surface area contributed by atoms with E-state index in [-0.39, 0.29) is 23.6 Å². The molecule has 1 aromatic carbocycles. The minimum atomic E-state index is -0.547. The van der Waals surface area contributed by atoms with Gasteiger partial charge in [-0.3, -0.25) is 9.69 Å². The summed E-state index contributed by atoms with van der Waals surface area (Å²) in [7, 11) is 0. The zero-order valence-electron chi connectivity index (χ0n) is 15.8. The van der Waals surface area contributed by atoms with E-state index < -0.39 is 11.9 Å². The molecule has 0 atom stereocenters. The minimum Gasteiger partial charge on any atom is -0.447 e. The second-order valence-corrected chi connectivity index (χ2v) is 7.30. The molecule has 2 heterocycles. The molecule has 2 aliphatic rings. The van der Waals surface area contributed by atoms with Gasteiger partial charge in [0.2, 0.25) is 11.9 Å². The zero-order chi connectivity index (χ0) is 20.4. The van der Waals surface area contributed by atoms with Crippen molar-refractivity contribution in [3.05, 3.63) is 36.3 Å². The second-order valence-electron chi connectivity index (χ2n) is 7.30. The number of cyclic esters (lactones) is 1. The largest absolute Gasteiger partial charge is 0.447 e. The fourth-order valence-corrected chi connectivity index (χ4v) is 3.79. The van der Waals surface area contributed by atoms with E-state index >= 15 is 0 Å². The van der Waals surface area contributed by atoms with Crippen molar-refractivity contribution in [3.8, 4) is 11.3 Å². The fraction of sp³-hybridized carbons (Fsp3) is 0.400. The van der Waals surface area contributed by atoms with Gasteiger partial charge in [0.05, 0.1) is 12.7 Å². The molecule has 1 aliphatic heterocycles. The molecule has 0 radical (unpaired) electrons. The molecule has 4 rings (SSSR count). The van der Waals surface area contributed by atoms with Gasteiger partial charge in [0.1, 0.15) is 12.3 Å². The molecule has 9 heteroatoms. The van der Waals surface area contributed by atoms with E-state index in [1.807, 2.05) is 0 Å². The zero-order valence-corrected chi connectivity index (χ0v) is 15.8. The van der Waals surface area contributed by atoms with Crippen LogP contribution in [-0.4, -0.2) is 41.2 Å². The predicted octanol–water partition coefficient (Wildman–Crippen LogP) is 2.70. The summed E-state index contributed by atoms with van der Waals surface area (Å²) >= 11 is 0. The summed E-state index contributed by atoms with van der Waals surface area (Å²) in [6.07, 6.45) is 3.70. The van der Waals surface area contributed by atoms with Gasteiger partial charge in [-0.25, -0.2) is 19.2 Å². The molecule has 152 valence electrons. The Hall–Kier alpha value is -3.23. The van der Waals surface area contributed by atoms with Gasteiger partial charge in [-0.2, -0.15) is 0 Å². The van der Waals surface area contributed by atoms with Crippen molar-refractivity contribution in [2.45, 2.75) is 31.7 Å². The highest BCUT2D eigenvalue weighted by molar-refractivity contribution is 5.90. The fourth-order valence-electron chi connectivity index (χ4n) is 3.79. The Balaban J connectivity index is 1.52. The van der Waals surface area contributed by atoms with Crippen molar-refractivity contribution in [1.29, 1.82) is 0 Å². The van der Waals surface area contributed by atoms with Crippen LogP contribution < -0.4 is 16.0 Å². The van der Waals surface area contributed by atoms with E-state index in [4.69, 9.17) is 10.5 Å². The molecule has 1 aromatic heterocycles. The van der Waals surface area contributed by atoms with E-state index in [1.54, 1.807) is 24.3 Å². The first-order valence-electron chi connectivity index (χ1n) is 9.64. The highest BCUT2D eigenvalue weighted by Gasteiger charge is 2.26. The quantitative estimate of drug-likeness (QED) is 0.800. The van der Waals surface area contributed by atoms with E-state index in [0.29, 0.717) is 30.4 Å². The lowest BCUT2D eigenvalue weighted by Gasteiger charge is -2.27. The third kappa shape index (κ3) is 4.13. The van der Waals surface area contributed by atoms with Crippen LogP contribution in [0, 0.1) is 11.7 Å². The average Bonchev–Trinajstić information content (AvgIpc) is 3.16. The summed E-state index contributed by atoms with van der Waals surface area (Å²) in [5, 5.41) is 3.23. The highest BCUT2D eigenvalue weighted by atomic mass is 19.1. The summed E-state index contributed by atoms with van der Waals surface area (Å²) in [6.45, 7) is 0.784. The number of nitrogens with one attached hydrogen (secondary N) is 1. The molecule has 8 nitrogen and oxygen atoms in total. The van der Waals surface area contributed by atoms with E-state index in [9.17, 15) is 14.0 Å². The maximum Gasteiger partial charge on any atom is 0.414 e. The molecule has 2 fully saturated rings. The third-order valence-electron chi connectivity index (χ3n) is 5.40. The van der Waals surface area contributed by atoms with Crippen LogP contribution in [0.5, 0.6) is 0 Å². The van der Waals surface area contributed by atoms with Crippen molar-refractivity contribution in [2.75, 3.05) is 23.4 Å². The van der Waals surface area contributed by atoms with Crippen LogP contribution in [0.4, 0.5) is 20.8 Å². The number of ether oxygens (including phenoxy) is 1. The Bertz CT molecular complexity index is 930. The number of carbonyl (C=O) groups excluding carboxylic acids is 2. The number of anilines is 2. The first kappa shape index (κ1) is 19.1. The molecule has 3 N–H and O–H groups in total. The first-order valence-corrected chi connectivity index (χ1v) is 9.64. The Morgan fingerprint density at radius 3 is 2.76 bits per heavy atom. The first-order chi connectivity index (χ1) is 14.0. The number of hydrogen-bond donors (Lipinski definition) is 2. The maximum atomic E-state index is 14.5. The number of nitrogens with zero attached hydrogens (tertiary/aromatic N) is 3. The maximum absolute atomic E-state index is 14.5. The number of benzene rings is 1. The Kier molecular flexibility index (Phi) is 5.28. The molecule has 2 aromatic rings. The van der Waals surface area contributed by atoms with E-state index in [1.165, 1.54) is 4.90 Å². The molecule has 1 aliphatic carbocycles. The highest BCUT2D eigenvalue weighted by Crippen LogP contribution is 2.29. The number of amides is 2. The van der Waals surface area contributed by atoms with Crippen LogP contribution in [-0.2, 0) is 9.53 Å². The lowest BCUT2D eigenvalue weighted by atomic mass is 9.86. The van der Waals surface area contributed by atoms with Gasteiger partial charge in [0.15, 0.2) is 5.82 Å². The van der Waals surface area contributed by atoms with Crippen LogP contribution >= 0.6 is 0 Å². The number of halogens is 1. The van der Waals surface area contributed by atoms with Crippen LogP contribution in [0.1, 0.15) is 25.7 Å². The van der Waals surface area contributed by atoms with Gasteiger partial charge in [-0.1, -0.05) is 12.1 Å². The van der Waals surface area contributed by atoms with Gasteiger partial charge < -0.3 is 15.8 Å². The number of nitrogens with two attached hydrogens (primary N) is 1. The molecule has 1 saturated heterocycles. The summed E-state index contributed by atoms with van der Waals surface area (Å²) in [6, 6.07) is 7.06. The molecule has 29 heavy (non-hydrogen) atoms. The Morgan fingerprint density at radius 1 is 1.28 bits per heavy atom. The van der Waals surface area contributed by atoms with E-state index in [0.717, 1.165) is 31.9 Å². The summed E-state index contributed by atoms with van der Waals surface area (Å²) < 4.78 is 19.4. The van der Waals surface area contributed by atoms with Gasteiger partial charge >= 0.3 is 6.09 Å². The summed E-state index contributed by atoms with van der Waals surface area (Å²) in [5.74, 6) is -0.563. The monoisotopic (exact) mass is 399 g/mol. The van der Waals surface area contributed by atoms with Crippen molar-refractivity contribution >= 4 is 23.6 Å². The Labute approximate surface area is 167 Å². The SMILES string of the molecule is NC(=O)[C@H]1CC[C@H](Nc2ncc(F)c(-c3cccc(N4CCOC4=O)c3)n2)CC1. The number of hydrogen-bond acceptors (Lipinski definition) is 6. The van der Waals surface area contributed by atoms with Gasteiger partial charge in [-0.05, 0) is 37.8 Å². The molecule has 0 bridgehead atoms. The lowest BCUT2D eigenvalue weighted by molar-refractivity contribution is -0.122. The molecule has 2 amide bonds. The van der Waals surface area contributed by atoms with Gasteiger partial charge in [0.25, 0.3) is 0 Å². The number of carbonyl (C=O) groups is 2.